The van der Waals surface area contributed by atoms with Crippen LogP contribution in [0.4, 0.5) is 5.69 Å². The van der Waals surface area contributed by atoms with Crippen molar-refractivity contribution in [2.24, 2.45) is 0 Å². The molecule has 0 saturated carbocycles. The highest BCUT2D eigenvalue weighted by Crippen LogP contribution is 2.24. The molecule has 2 rings (SSSR count). The molecular weight excluding hydrogens is 342 g/mol. The van der Waals surface area contributed by atoms with E-state index >= 15 is 0 Å². The molecule has 1 aromatic rings. The first-order valence-corrected chi connectivity index (χ1v) is 10.3. The molecule has 1 aliphatic heterocycles. The van der Waals surface area contributed by atoms with Crippen molar-refractivity contribution in [2.45, 2.75) is 19.9 Å². The van der Waals surface area contributed by atoms with Gasteiger partial charge < -0.3 is 14.5 Å². The number of piperazine rings is 1. The Morgan fingerprint density at radius 3 is 2.24 bits per heavy atom. The molecule has 0 aromatic heterocycles. The van der Waals surface area contributed by atoms with Gasteiger partial charge in [0, 0.05) is 26.2 Å². The molecule has 0 spiro atoms. The zero-order valence-corrected chi connectivity index (χ0v) is 16.1. The van der Waals surface area contributed by atoms with Crippen LogP contribution in [0, 0.1) is 0 Å². The Morgan fingerprint density at radius 2 is 1.76 bits per heavy atom. The number of ether oxygens (including phenoxy) is 1. The maximum absolute atomic E-state index is 12.8. The SMILES string of the molecule is CCOc1ccc(N([C@@H](C)C(=O)N2CCN(C)CC2)S(C)(=O)=O)cc1. The third-order valence-electron chi connectivity index (χ3n) is 4.28. The molecule has 1 amide bonds. The molecule has 0 radical (unpaired) electrons. The number of carbonyl (C=O) groups excluding carboxylic acids is 1. The van der Waals surface area contributed by atoms with Gasteiger partial charge in [0.2, 0.25) is 15.9 Å². The number of nitrogens with zero attached hydrogens (tertiary/aromatic N) is 3. The standard InChI is InChI=1S/C17H27N3O4S/c1-5-24-16-8-6-15(7-9-16)20(25(4,22)23)14(2)17(21)19-12-10-18(3)11-13-19/h6-9,14H,5,10-13H2,1-4H3/t14-/m0/s1. The first-order valence-electron chi connectivity index (χ1n) is 8.43. The minimum absolute atomic E-state index is 0.174. The lowest BCUT2D eigenvalue weighted by Crippen LogP contribution is -2.54. The van der Waals surface area contributed by atoms with Crippen LogP contribution in [0.3, 0.4) is 0 Å². The van der Waals surface area contributed by atoms with E-state index in [1.165, 1.54) is 4.31 Å². The molecule has 7 nitrogen and oxygen atoms in total. The lowest BCUT2D eigenvalue weighted by Gasteiger charge is -2.36. The van der Waals surface area contributed by atoms with Gasteiger partial charge in [-0.3, -0.25) is 9.10 Å². The van der Waals surface area contributed by atoms with Crippen molar-refractivity contribution in [3.05, 3.63) is 24.3 Å². The third kappa shape index (κ3) is 4.85. The number of rotatable bonds is 6. The second-order valence-electron chi connectivity index (χ2n) is 6.29. The van der Waals surface area contributed by atoms with Crippen LogP contribution in [0.15, 0.2) is 24.3 Å². The Kier molecular flexibility index (Phi) is 6.29. The number of amides is 1. The van der Waals surface area contributed by atoms with Gasteiger partial charge >= 0.3 is 0 Å². The first kappa shape index (κ1) is 19.5. The van der Waals surface area contributed by atoms with E-state index in [2.05, 4.69) is 4.90 Å². The average molecular weight is 369 g/mol. The van der Waals surface area contributed by atoms with Crippen LogP contribution < -0.4 is 9.04 Å². The molecule has 1 atom stereocenters. The van der Waals surface area contributed by atoms with Crippen molar-refractivity contribution in [1.29, 1.82) is 0 Å². The molecule has 8 heteroatoms. The fraction of sp³-hybridized carbons (Fsp3) is 0.588. The van der Waals surface area contributed by atoms with E-state index in [0.717, 1.165) is 19.3 Å². The highest BCUT2D eigenvalue weighted by Gasteiger charge is 2.32. The summed E-state index contributed by atoms with van der Waals surface area (Å²) in [6, 6.07) is 5.96. The summed E-state index contributed by atoms with van der Waals surface area (Å²) in [5, 5.41) is 0. The molecule has 1 aromatic carbocycles. The summed E-state index contributed by atoms with van der Waals surface area (Å²) in [4.78, 5) is 16.7. The maximum Gasteiger partial charge on any atom is 0.246 e. The second kappa shape index (κ2) is 8.05. The monoisotopic (exact) mass is 369 g/mol. The van der Waals surface area contributed by atoms with Crippen molar-refractivity contribution in [2.75, 3.05) is 50.4 Å². The summed E-state index contributed by atoms with van der Waals surface area (Å²) in [6.45, 7) is 6.86. The summed E-state index contributed by atoms with van der Waals surface area (Å²) >= 11 is 0. The zero-order valence-electron chi connectivity index (χ0n) is 15.3. The lowest BCUT2D eigenvalue weighted by molar-refractivity contribution is -0.133. The predicted molar refractivity (Wildman–Crippen MR) is 98.5 cm³/mol. The number of hydrogen-bond acceptors (Lipinski definition) is 5. The fourth-order valence-corrected chi connectivity index (χ4v) is 4.12. The largest absolute Gasteiger partial charge is 0.494 e. The number of benzene rings is 1. The van der Waals surface area contributed by atoms with E-state index in [1.54, 1.807) is 36.1 Å². The van der Waals surface area contributed by atoms with Gasteiger partial charge in [-0.2, -0.15) is 0 Å². The van der Waals surface area contributed by atoms with E-state index < -0.39 is 16.1 Å². The molecule has 140 valence electrons. The van der Waals surface area contributed by atoms with Gasteiger partial charge in [0.25, 0.3) is 0 Å². The molecule has 0 unspecified atom stereocenters. The Morgan fingerprint density at radius 1 is 1.20 bits per heavy atom. The van der Waals surface area contributed by atoms with Crippen molar-refractivity contribution >= 4 is 21.6 Å². The summed E-state index contributed by atoms with van der Waals surface area (Å²) in [7, 11) is -1.59. The van der Waals surface area contributed by atoms with Crippen molar-refractivity contribution < 1.29 is 17.9 Å². The van der Waals surface area contributed by atoms with E-state index in [0.29, 0.717) is 31.1 Å². The Bertz CT molecular complexity index is 682. The van der Waals surface area contributed by atoms with Crippen LogP contribution in [0.5, 0.6) is 5.75 Å². The molecule has 0 bridgehead atoms. The first-order chi connectivity index (χ1) is 11.7. The van der Waals surface area contributed by atoms with Gasteiger partial charge in [0.15, 0.2) is 0 Å². The number of likely N-dealkylation sites (N-methyl/N-ethyl adjacent to an activating group) is 1. The maximum atomic E-state index is 12.8. The summed E-state index contributed by atoms with van der Waals surface area (Å²) in [5.41, 5.74) is 0.459. The van der Waals surface area contributed by atoms with Gasteiger partial charge in [0.05, 0.1) is 18.6 Å². The molecule has 0 N–H and O–H groups in total. The van der Waals surface area contributed by atoms with Crippen molar-refractivity contribution in [3.63, 3.8) is 0 Å². The summed E-state index contributed by atoms with van der Waals surface area (Å²) in [6.07, 6.45) is 1.12. The Balaban J connectivity index is 2.23. The molecule has 25 heavy (non-hydrogen) atoms. The fourth-order valence-electron chi connectivity index (χ4n) is 2.95. The van der Waals surface area contributed by atoms with E-state index in [-0.39, 0.29) is 5.91 Å². The van der Waals surface area contributed by atoms with Crippen LogP contribution >= 0.6 is 0 Å². The number of carbonyl (C=O) groups is 1. The van der Waals surface area contributed by atoms with Crippen LogP contribution in [-0.2, 0) is 14.8 Å². The molecular formula is C17H27N3O4S. The zero-order chi connectivity index (χ0) is 18.6. The normalized spacial score (nSPS) is 17.2. The number of sulfonamides is 1. The molecule has 1 aliphatic rings. The van der Waals surface area contributed by atoms with E-state index in [4.69, 9.17) is 4.74 Å². The third-order valence-corrected chi connectivity index (χ3v) is 5.53. The number of hydrogen-bond donors (Lipinski definition) is 0. The van der Waals surface area contributed by atoms with Gasteiger partial charge in [-0.25, -0.2) is 8.42 Å². The van der Waals surface area contributed by atoms with Crippen LogP contribution in [0.25, 0.3) is 0 Å². The highest BCUT2D eigenvalue weighted by atomic mass is 32.2. The predicted octanol–water partition coefficient (Wildman–Crippen LogP) is 1.01. The lowest BCUT2D eigenvalue weighted by atomic mass is 10.2. The average Bonchev–Trinajstić information content (AvgIpc) is 2.55. The van der Waals surface area contributed by atoms with Gasteiger partial charge in [-0.15, -0.1) is 0 Å². The second-order valence-corrected chi connectivity index (χ2v) is 8.15. The van der Waals surface area contributed by atoms with Crippen molar-refractivity contribution in [3.8, 4) is 5.75 Å². The van der Waals surface area contributed by atoms with E-state index in [1.807, 2.05) is 14.0 Å². The van der Waals surface area contributed by atoms with Crippen LogP contribution in [0.2, 0.25) is 0 Å². The minimum Gasteiger partial charge on any atom is -0.494 e. The van der Waals surface area contributed by atoms with Crippen LogP contribution in [0.1, 0.15) is 13.8 Å². The summed E-state index contributed by atoms with van der Waals surface area (Å²) < 4.78 is 31.3. The quantitative estimate of drug-likeness (QED) is 0.749. The van der Waals surface area contributed by atoms with Gasteiger partial charge in [0.1, 0.15) is 11.8 Å². The molecule has 1 fully saturated rings. The smallest absolute Gasteiger partial charge is 0.246 e. The van der Waals surface area contributed by atoms with E-state index in [9.17, 15) is 13.2 Å². The Hall–Kier alpha value is -1.80. The topological polar surface area (TPSA) is 70.2 Å². The van der Waals surface area contributed by atoms with Gasteiger partial charge in [-0.1, -0.05) is 0 Å². The molecule has 1 saturated heterocycles. The molecule has 0 aliphatic carbocycles. The van der Waals surface area contributed by atoms with Gasteiger partial charge in [-0.05, 0) is 45.2 Å². The Labute approximate surface area is 150 Å². The molecule has 1 heterocycles. The van der Waals surface area contributed by atoms with Crippen molar-refractivity contribution in [1.82, 2.24) is 9.80 Å². The minimum atomic E-state index is -3.60. The summed E-state index contributed by atoms with van der Waals surface area (Å²) in [5.74, 6) is 0.491. The number of anilines is 1. The van der Waals surface area contributed by atoms with Crippen LogP contribution in [-0.4, -0.2) is 76.3 Å². The highest BCUT2D eigenvalue weighted by molar-refractivity contribution is 7.92.